The zero-order chi connectivity index (χ0) is 11.1. The Bertz CT molecular complexity index is 344. The molecule has 0 N–H and O–H groups in total. The lowest BCUT2D eigenvalue weighted by molar-refractivity contribution is 0.103. The Kier molecular flexibility index (Phi) is 5.58. The standard InChI is InChI=1S/C12H14OS2/c1-14-8-11(9-15-2)12(13)10-6-4-3-5-7-10/h3-8H,9H2,1-2H3/b11-8-. The Balaban J connectivity index is 2.86. The summed E-state index contributed by atoms with van der Waals surface area (Å²) in [6.45, 7) is 0. The second-order valence-corrected chi connectivity index (χ2v) is 4.58. The fourth-order valence-corrected chi connectivity index (χ4v) is 2.33. The molecule has 0 atom stereocenters. The third-order valence-electron chi connectivity index (χ3n) is 1.89. The van der Waals surface area contributed by atoms with Gasteiger partial charge in [-0.05, 0) is 17.9 Å². The van der Waals surface area contributed by atoms with Gasteiger partial charge in [-0.25, -0.2) is 0 Å². The topological polar surface area (TPSA) is 17.1 Å². The van der Waals surface area contributed by atoms with Crippen LogP contribution in [-0.2, 0) is 0 Å². The van der Waals surface area contributed by atoms with E-state index in [1.54, 1.807) is 23.5 Å². The smallest absolute Gasteiger partial charge is 0.190 e. The number of carbonyl (C=O) groups excluding carboxylic acids is 1. The minimum Gasteiger partial charge on any atom is -0.289 e. The van der Waals surface area contributed by atoms with Crippen LogP contribution in [0.15, 0.2) is 41.3 Å². The van der Waals surface area contributed by atoms with Gasteiger partial charge < -0.3 is 0 Å². The summed E-state index contributed by atoms with van der Waals surface area (Å²) in [5, 5.41) is 1.94. The van der Waals surface area contributed by atoms with Crippen molar-refractivity contribution in [3.63, 3.8) is 0 Å². The number of Topliss-reactive ketones (excluding diaryl/α,β-unsaturated/α-hetero) is 1. The molecular formula is C12H14OS2. The lowest BCUT2D eigenvalue weighted by Crippen LogP contribution is -2.05. The summed E-state index contributed by atoms with van der Waals surface area (Å²) in [4.78, 5) is 12.0. The van der Waals surface area contributed by atoms with Crippen LogP contribution in [0.25, 0.3) is 0 Å². The molecule has 15 heavy (non-hydrogen) atoms. The van der Waals surface area contributed by atoms with Gasteiger partial charge in [-0.15, -0.1) is 11.8 Å². The van der Waals surface area contributed by atoms with Crippen molar-refractivity contribution < 1.29 is 4.79 Å². The van der Waals surface area contributed by atoms with Gasteiger partial charge in [-0.1, -0.05) is 30.3 Å². The van der Waals surface area contributed by atoms with Gasteiger partial charge in [0.1, 0.15) is 0 Å². The van der Waals surface area contributed by atoms with Crippen molar-refractivity contribution in [3.8, 4) is 0 Å². The maximum absolute atomic E-state index is 12.0. The second-order valence-electron chi connectivity index (χ2n) is 3.01. The van der Waals surface area contributed by atoms with E-state index in [4.69, 9.17) is 0 Å². The van der Waals surface area contributed by atoms with Crippen LogP contribution in [0, 0.1) is 0 Å². The summed E-state index contributed by atoms with van der Waals surface area (Å²) in [6.07, 6.45) is 3.98. The zero-order valence-electron chi connectivity index (χ0n) is 8.90. The molecule has 0 unspecified atom stereocenters. The highest BCUT2D eigenvalue weighted by Crippen LogP contribution is 2.15. The summed E-state index contributed by atoms with van der Waals surface area (Å²) in [5.41, 5.74) is 1.65. The quantitative estimate of drug-likeness (QED) is 0.577. The van der Waals surface area contributed by atoms with Crippen LogP contribution in [0.5, 0.6) is 0 Å². The molecule has 0 aliphatic rings. The molecule has 0 heterocycles. The molecule has 0 amide bonds. The molecule has 0 saturated carbocycles. The molecule has 1 aromatic rings. The molecule has 0 radical (unpaired) electrons. The lowest BCUT2D eigenvalue weighted by Gasteiger charge is -2.04. The predicted octanol–water partition coefficient (Wildman–Crippen LogP) is 3.48. The fourth-order valence-electron chi connectivity index (χ4n) is 1.23. The minimum absolute atomic E-state index is 0.138. The molecule has 1 aromatic carbocycles. The number of thioether (sulfide) groups is 2. The number of hydrogen-bond donors (Lipinski definition) is 0. The zero-order valence-corrected chi connectivity index (χ0v) is 10.5. The van der Waals surface area contributed by atoms with Crippen molar-refractivity contribution >= 4 is 29.3 Å². The van der Waals surface area contributed by atoms with Gasteiger partial charge in [0.2, 0.25) is 0 Å². The monoisotopic (exact) mass is 238 g/mol. The summed E-state index contributed by atoms with van der Waals surface area (Å²) in [7, 11) is 0. The van der Waals surface area contributed by atoms with Crippen molar-refractivity contribution in [1.82, 2.24) is 0 Å². The van der Waals surface area contributed by atoms with E-state index < -0.39 is 0 Å². The first kappa shape index (κ1) is 12.4. The van der Waals surface area contributed by atoms with Crippen LogP contribution in [0.1, 0.15) is 10.4 Å². The van der Waals surface area contributed by atoms with E-state index in [0.717, 1.165) is 16.9 Å². The highest BCUT2D eigenvalue weighted by atomic mass is 32.2. The first-order valence-corrected chi connectivity index (χ1v) is 7.28. The van der Waals surface area contributed by atoms with Crippen molar-refractivity contribution in [2.24, 2.45) is 0 Å². The Hall–Kier alpha value is -0.670. The van der Waals surface area contributed by atoms with Gasteiger partial charge in [0, 0.05) is 16.9 Å². The summed E-state index contributed by atoms with van der Waals surface area (Å²) < 4.78 is 0. The maximum Gasteiger partial charge on any atom is 0.190 e. The minimum atomic E-state index is 0.138. The van der Waals surface area contributed by atoms with Gasteiger partial charge >= 0.3 is 0 Å². The summed E-state index contributed by atoms with van der Waals surface area (Å²) >= 11 is 3.25. The lowest BCUT2D eigenvalue weighted by atomic mass is 10.1. The fraction of sp³-hybridized carbons (Fsp3) is 0.250. The van der Waals surface area contributed by atoms with Crippen LogP contribution in [0.4, 0.5) is 0 Å². The largest absolute Gasteiger partial charge is 0.289 e. The van der Waals surface area contributed by atoms with E-state index in [-0.39, 0.29) is 5.78 Å². The first-order chi connectivity index (χ1) is 7.29. The first-order valence-electron chi connectivity index (χ1n) is 4.60. The Morgan fingerprint density at radius 2 is 1.93 bits per heavy atom. The molecule has 0 fully saturated rings. The summed E-state index contributed by atoms with van der Waals surface area (Å²) in [6, 6.07) is 9.42. The van der Waals surface area contributed by atoms with Gasteiger partial charge in [-0.2, -0.15) is 11.8 Å². The molecule has 0 aliphatic heterocycles. The highest BCUT2D eigenvalue weighted by Gasteiger charge is 2.10. The molecule has 3 heteroatoms. The van der Waals surface area contributed by atoms with E-state index >= 15 is 0 Å². The van der Waals surface area contributed by atoms with E-state index in [2.05, 4.69) is 0 Å². The number of rotatable bonds is 5. The van der Waals surface area contributed by atoms with Crippen LogP contribution in [-0.4, -0.2) is 24.0 Å². The number of benzene rings is 1. The third-order valence-corrected chi connectivity index (χ3v) is 3.01. The molecule has 1 nitrogen and oxygen atoms in total. The number of ketones is 1. The van der Waals surface area contributed by atoms with Crippen molar-refractivity contribution in [2.45, 2.75) is 0 Å². The van der Waals surface area contributed by atoms with Crippen molar-refractivity contribution in [3.05, 3.63) is 46.9 Å². The van der Waals surface area contributed by atoms with Gasteiger partial charge in [0.15, 0.2) is 5.78 Å². The second kappa shape index (κ2) is 6.75. The normalized spacial score (nSPS) is 11.5. The Labute approximate surface area is 99.3 Å². The molecule has 1 rings (SSSR count). The molecule has 0 saturated heterocycles. The Morgan fingerprint density at radius 3 is 2.47 bits per heavy atom. The van der Waals surface area contributed by atoms with Crippen LogP contribution in [0.3, 0.4) is 0 Å². The van der Waals surface area contributed by atoms with Crippen LogP contribution >= 0.6 is 23.5 Å². The average molecular weight is 238 g/mol. The van der Waals surface area contributed by atoms with E-state index in [1.807, 2.05) is 48.3 Å². The molecule has 0 spiro atoms. The Morgan fingerprint density at radius 1 is 1.27 bits per heavy atom. The average Bonchev–Trinajstić information content (AvgIpc) is 2.29. The number of hydrogen-bond acceptors (Lipinski definition) is 3. The molecule has 0 aromatic heterocycles. The van der Waals surface area contributed by atoms with Gasteiger partial charge in [0.25, 0.3) is 0 Å². The predicted molar refractivity (Wildman–Crippen MR) is 70.8 cm³/mol. The van der Waals surface area contributed by atoms with E-state index in [9.17, 15) is 4.79 Å². The van der Waals surface area contributed by atoms with E-state index in [1.165, 1.54) is 0 Å². The van der Waals surface area contributed by atoms with Crippen molar-refractivity contribution in [2.75, 3.05) is 18.3 Å². The highest BCUT2D eigenvalue weighted by molar-refractivity contribution is 8.01. The summed E-state index contributed by atoms with van der Waals surface area (Å²) in [5.74, 6) is 0.911. The van der Waals surface area contributed by atoms with E-state index in [0.29, 0.717) is 0 Å². The third kappa shape index (κ3) is 3.76. The number of carbonyl (C=O) groups is 1. The molecular weight excluding hydrogens is 224 g/mol. The van der Waals surface area contributed by atoms with Crippen LogP contribution in [0.2, 0.25) is 0 Å². The van der Waals surface area contributed by atoms with Gasteiger partial charge in [-0.3, -0.25) is 4.79 Å². The van der Waals surface area contributed by atoms with Crippen LogP contribution < -0.4 is 0 Å². The van der Waals surface area contributed by atoms with Gasteiger partial charge in [0.05, 0.1) is 0 Å². The maximum atomic E-state index is 12.0. The molecule has 80 valence electrons. The molecule has 0 bridgehead atoms. The SMILES string of the molecule is CS/C=C(/CSC)C(=O)c1ccccc1. The molecule has 0 aliphatic carbocycles. The van der Waals surface area contributed by atoms with Crippen molar-refractivity contribution in [1.29, 1.82) is 0 Å².